The topological polar surface area (TPSA) is 84.6 Å². The Hall–Kier alpha value is -2.69. The molecule has 2 aromatic rings. The minimum atomic E-state index is -0.269. The number of ether oxygens (including phenoxy) is 1. The zero-order valence-corrected chi connectivity index (χ0v) is 11.8. The maximum absolute atomic E-state index is 12.1. The zero-order valence-electron chi connectivity index (χ0n) is 11.8. The largest absolute Gasteiger partial charge is 0.508 e. The fraction of sp³-hybridized carbons (Fsp3) is 0.188. The molecule has 0 aliphatic rings. The highest BCUT2D eigenvalue weighted by molar-refractivity contribution is 6.05. The molecule has 21 heavy (non-hydrogen) atoms. The molecule has 110 valence electrons. The molecule has 5 heteroatoms. The Morgan fingerprint density at radius 1 is 1.24 bits per heavy atom. The Kier molecular flexibility index (Phi) is 4.66. The van der Waals surface area contributed by atoms with E-state index in [4.69, 9.17) is 10.5 Å². The Balaban J connectivity index is 2.08. The van der Waals surface area contributed by atoms with E-state index in [9.17, 15) is 9.90 Å². The molecule has 0 saturated heterocycles. The van der Waals surface area contributed by atoms with Crippen molar-refractivity contribution in [2.75, 3.05) is 17.7 Å². The van der Waals surface area contributed by atoms with Gasteiger partial charge in [-0.2, -0.15) is 0 Å². The van der Waals surface area contributed by atoms with E-state index in [2.05, 4.69) is 5.32 Å². The number of anilines is 2. The SMILES string of the molecule is CCCOc1ccc(C(=O)Nc2ccc(O)cc2)cc1N. The van der Waals surface area contributed by atoms with E-state index in [1.165, 1.54) is 12.1 Å². The van der Waals surface area contributed by atoms with Crippen LogP contribution in [0.4, 0.5) is 11.4 Å². The van der Waals surface area contributed by atoms with Gasteiger partial charge in [-0.3, -0.25) is 4.79 Å². The second-order valence-electron chi connectivity index (χ2n) is 4.60. The standard InChI is InChI=1S/C16H18N2O3/c1-2-9-21-15-8-3-11(10-14(15)17)16(20)18-12-4-6-13(19)7-5-12/h3-8,10,19H,2,9,17H2,1H3,(H,18,20). The molecular weight excluding hydrogens is 268 g/mol. The Morgan fingerprint density at radius 3 is 2.57 bits per heavy atom. The number of nitrogens with one attached hydrogen (secondary N) is 1. The smallest absolute Gasteiger partial charge is 0.255 e. The number of phenols is 1. The third-order valence-corrected chi connectivity index (χ3v) is 2.86. The van der Waals surface area contributed by atoms with E-state index in [0.717, 1.165) is 6.42 Å². The average Bonchev–Trinajstić information content (AvgIpc) is 2.48. The van der Waals surface area contributed by atoms with Crippen molar-refractivity contribution in [2.45, 2.75) is 13.3 Å². The Labute approximate surface area is 123 Å². The number of carbonyl (C=O) groups is 1. The maximum atomic E-state index is 12.1. The van der Waals surface area contributed by atoms with E-state index in [1.807, 2.05) is 6.92 Å². The van der Waals surface area contributed by atoms with Crippen LogP contribution in [0, 0.1) is 0 Å². The molecule has 2 aromatic carbocycles. The molecule has 0 atom stereocenters. The molecule has 0 aliphatic heterocycles. The molecule has 0 saturated carbocycles. The van der Waals surface area contributed by atoms with Crippen LogP contribution in [0.1, 0.15) is 23.7 Å². The van der Waals surface area contributed by atoms with Crippen LogP contribution in [-0.2, 0) is 0 Å². The predicted octanol–water partition coefficient (Wildman–Crippen LogP) is 3.02. The number of aromatic hydroxyl groups is 1. The van der Waals surface area contributed by atoms with Crippen molar-refractivity contribution in [2.24, 2.45) is 0 Å². The first-order valence-electron chi connectivity index (χ1n) is 6.73. The summed E-state index contributed by atoms with van der Waals surface area (Å²) in [6.07, 6.45) is 0.891. The quantitative estimate of drug-likeness (QED) is 0.582. The first-order chi connectivity index (χ1) is 10.1. The van der Waals surface area contributed by atoms with Crippen LogP contribution in [0.15, 0.2) is 42.5 Å². The van der Waals surface area contributed by atoms with Gasteiger partial charge in [-0.25, -0.2) is 0 Å². The van der Waals surface area contributed by atoms with Gasteiger partial charge in [0.2, 0.25) is 0 Å². The van der Waals surface area contributed by atoms with E-state index in [-0.39, 0.29) is 11.7 Å². The summed E-state index contributed by atoms with van der Waals surface area (Å²) in [6, 6.07) is 11.2. The van der Waals surface area contributed by atoms with Crippen LogP contribution < -0.4 is 15.8 Å². The number of carbonyl (C=O) groups excluding carboxylic acids is 1. The Morgan fingerprint density at radius 2 is 1.95 bits per heavy atom. The summed E-state index contributed by atoms with van der Waals surface area (Å²) in [6.45, 7) is 2.60. The number of nitrogens with two attached hydrogens (primary N) is 1. The summed E-state index contributed by atoms with van der Waals surface area (Å²) in [5.74, 6) is 0.460. The van der Waals surface area contributed by atoms with Crippen molar-refractivity contribution in [1.82, 2.24) is 0 Å². The van der Waals surface area contributed by atoms with E-state index in [0.29, 0.717) is 29.3 Å². The lowest BCUT2D eigenvalue weighted by molar-refractivity contribution is 0.102. The number of hydrogen-bond donors (Lipinski definition) is 3. The van der Waals surface area contributed by atoms with Crippen LogP contribution in [-0.4, -0.2) is 17.6 Å². The van der Waals surface area contributed by atoms with Gasteiger partial charge in [-0.15, -0.1) is 0 Å². The zero-order chi connectivity index (χ0) is 15.2. The molecule has 2 rings (SSSR count). The molecule has 0 fully saturated rings. The van der Waals surface area contributed by atoms with Crippen LogP contribution in [0.5, 0.6) is 11.5 Å². The normalized spacial score (nSPS) is 10.1. The van der Waals surface area contributed by atoms with Crippen molar-refractivity contribution in [3.8, 4) is 11.5 Å². The molecule has 0 heterocycles. The summed E-state index contributed by atoms with van der Waals surface area (Å²) < 4.78 is 5.47. The van der Waals surface area contributed by atoms with E-state index in [1.54, 1.807) is 30.3 Å². The second-order valence-corrected chi connectivity index (χ2v) is 4.60. The fourth-order valence-electron chi connectivity index (χ4n) is 1.78. The van der Waals surface area contributed by atoms with Crippen LogP contribution >= 0.6 is 0 Å². The number of hydrogen-bond acceptors (Lipinski definition) is 4. The highest BCUT2D eigenvalue weighted by Crippen LogP contribution is 2.23. The summed E-state index contributed by atoms with van der Waals surface area (Å²) in [5.41, 5.74) is 7.36. The number of benzene rings is 2. The van der Waals surface area contributed by atoms with Gasteiger partial charge in [0.1, 0.15) is 11.5 Å². The minimum Gasteiger partial charge on any atom is -0.508 e. The highest BCUT2D eigenvalue weighted by Gasteiger charge is 2.09. The molecule has 0 spiro atoms. The maximum Gasteiger partial charge on any atom is 0.255 e. The lowest BCUT2D eigenvalue weighted by atomic mass is 10.1. The van der Waals surface area contributed by atoms with Crippen LogP contribution in [0.3, 0.4) is 0 Å². The van der Waals surface area contributed by atoms with Crippen molar-refractivity contribution < 1.29 is 14.6 Å². The molecule has 0 radical (unpaired) electrons. The van der Waals surface area contributed by atoms with Gasteiger partial charge in [0.15, 0.2) is 0 Å². The lowest BCUT2D eigenvalue weighted by Gasteiger charge is -2.10. The van der Waals surface area contributed by atoms with Gasteiger partial charge in [0.05, 0.1) is 12.3 Å². The summed E-state index contributed by atoms with van der Waals surface area (Å²) in [4.78, 5) is 12.1. The van der Waals surface area contributed by atoms with E-state index >= 15 is 0 Å². The Bertz CT molecular complexity index is 624. The molecule has 0 unspecified atom stereocenters. The summed E-state index contributed by atoms with van der Waals surface area (Å²) >= 11 is 0. The molecule has 0 aliphatic carbocycles. The van der Waals surface area contributed by atoms with Crippen LogP contribution in [0.2, 0.25) is 0 Å². The third kappa shape index (κ3) is 3.89. The van der Waals surface area contributed by atoms with Crippen molar-refractivity contribution in [3.05, 3.63) is 48.0 Å². The lowest BCUT2D eigenvalue weighted by Crippen LogP contribution is -2.12. The average molecular weight is 286 g/mol. The number of phenolic OH excluding ortho intramolecular Hbond substituents is 1. The molecule has 5 nitrogen and oxygen atoms in total. The number of nitrogen functional groups attached to an aromatic ring is 1. The van der Waals surface area contributed by atoms with Gasteiger partial charge in [0, 0.05) is 11.3 Å². The molecule has 0 aromatic heterocycles. The fourth-order valence-corrected chi connectivity index (χ4v) is 1.78. The van der Waals surface area contributed by atoms with Crippen molar-refractivity contribution >= 4 is 17.3 Å². The second kappa shape index (κ2) is 6.65. The predicted molar refractivity (Wildman–Crippen MR) is 82.7 cm³/mol. The first kappa shape index (κ1) is 14.7. The van der Waals surface area contributed by atoms with Crippen LogP contribution in [0.25, 0.3) is 0 Å². The van der Waals surface area contributed by atoms with Crippen molar-refractivity contribution in [1.29, 1.82) is 0 Å². The molecule has 4 N–H and O–H groups in total. The van der Waals surface area contributed by atoms with Gasteiger partial charge in [0.25, 0.3) is 5.91 Å². The highest BCUT2D eigenvalue weighted by atomic mass is 16.5. The first-order valence-corrected chi connectivity index (χ1v) is 6.73. The van der Waals surface area contributed by atoms with Gasteiger partial charge >= 0.3 is 0 Å². The van der Waals surface area contributed by atoms with Crippen molar-refractivity contribution in [3.63, 3.8) is 0 Å². The summed E-state index contributed by atoms with van der Waals surface area (Å²) in [7, 11) is 0. The minimum absolute atomic E-state index is 0.148. The monoisotopic (exact) mass is 286 g/mol. The van der Waals surface area contributed by atoms with Gasteiger partial charge in [-0.05, 0) is 48.9 Å². The number of rotatable bonds is 5. The van der Waals surface area contributed by atoms with E-state index < -0.39 is 0 Å². The molecule has 0 bridgehead atoms. The molecule has 1 amide bonds. The van der Waals surface area contributed by atoms with Gasteiger partial charge in [-0.1, -0.05) is 6.92 Å². The number of amides is 1. The van der Waals surface area contributed by atoms with Gasteiger partial charge < -0.3 is 20.9 Å². The summed E-state index contributed by atoms with van der Waals surface area (Å²) in [5, 5.41) is 11.9. The third-order valence-electron chi connectivity index (χ3n) is 2.86. The molecular formula is C16H18N2O3.